The molecule has 12 heavy (non-hydrogen) atoms. The molecule has 1 aromatic carbocycles. The van der Waals surface area contributed by atoms with Gasteiger partial charge in [0.2, 0.25) is 0 Å². The Balaban J connectivity index is 3.18. The molecule has 0 radical (unpaired) electrons. The third-order valence-electron chi connectivity index (χ3n) is 1.95. The van der Waals surface area contributed by atoms with E-state index in [0.717, 1.165) is 23.1 Å². The number of benzene rings is 1. The minimum atomic E-state index is 0.744. The van der Waals surface area contributed by atoms with Crippen LogP contribution in [0.4, 0.5) is 0 Å². The Bertz CT molecular complexity index is 320. The molecule has 0 atom stereocenters. The predicted molar refractivity (Wildman–Crippen MR) is 50.6 cm³/mol. The first-order valence-corrected chi connectivity index (χ1v) is 4.09. The van der Waals surface area contributed by atoms with Crippen LogP contribution in [0.25, 0.3) is 5.57 Å². The Morgan fingerprint density at radius 1 is 1.42 bits per heavy atom. The maximum absolute atomic E-state index is 10.5. The first-order valence-electron chi connectivity index (χ1n) is 4.09. The lowest BCUT2D eigenvalue weighted by Crippen LogP contribution is -1.87. The molecule has 1 heteroatoms. The fourth-order valence-electron chi connectivity index (χ4n) is 1.23. The maximum atomic E-state index is 10.5. The van der Waals surface area contributed by atoms with Gasteiger partial charge in [0, 0.05) is 5.57 Å². The summed E-state index contributed by atoms with van der Waals surface area (Å²) in [5, 5.41) is 0. The summed E-state index contributed by atoms with van der Waals surface area (Å²) in [6, 6.07) is 7.87. The van der Waals surface area contributed by atoms with E-state index >= 15 is 0 Å². The van der Waals surface area contributed by atoms with Crippen molar-refractivity contribution in [2.24, 2.45) is 0 Å². The van der Waals surface area contributed by atoms with Crippen LogP contribution in [0.15, 0.2) is 24.3 Å². The molecular formula is C11H12O. The van der Waals surface area contributed by atoms with Crippen molar-refractivity contribution < 1.29 is 4.79 Å². The fraction of sp³-hybridized carbons (Fsp3) is 0.273. The lowest BCUT2D eigenvalue weighted by Gasteiger charge is -2.03. The van der Waals surface area contributed by atoms with Gasteiger partial charge in [0.1, 0.15) is 5.94 Å². The van der Waals surface area contributed by atoms with Gasteiger partial charge in [0.25, 0.3) is 0 Å². The van der Waals surface area contributed by atoms with E-state index in [2.05, 4.69) is 0 Å². The molecule has 0 unspecified atom stereocenters. The Kier molecular flexibility index (Phi) is 2.84. The average molecular weight is 160 g/mol. The molecule has 0 aliphatic rings. The van der Waals surface area contributed by atoms with E-state index < -0.39 is 0 Å². The molecule has 0 spiro atoms. The standard InChI is InChI=1S/C11H12O/c1-3-10(8-12)11-7-5-4-6-9(11)2/h4-7H,3H2,1-2H3. The van der Waals surface area contributed by atoms with Crippen molar-refractivity contribution in [1.29, 1.82) is 0 Å². The summed E-state index contributed by atoms with van der Waals surface area (Å²) in [4.78, 5) is 10.5. The van der Waals surface area contributed by atoms with Crippen molar-refractivity contribution in [3.05, 3.63) is 35.4 Å². The van der Waals surface area contributed by atoms with Crippen LogP contribution < -0.4 is 0 Å². The van der Waals surface area contributed by atoms with Gasteiger partial charge in [-0.2, -0.15) is 0 Å². The van der Waals surface area contributed by atoms with Crippen LogP contribution in [0, 0.1) is 6.92 Å². The van der Waals surface area contributed by atoms with Crippen LogP contribution in [0.5, 0.6) is 0 Å². The maximum Gasteiger partial charge on any atom is 0.128 e. The number of hydrogen-bond acceptors (Lipinski definition) is 1. The zero-order valence-corrected chi connectivity index (χ0v) is 7.42. The Morgan fingerprint density at radius 3 is 2.58 bits per heavy atom. The molecule has 0 aliphatic carbocycles. The lowest BCUT2D eigenvalue weighted by molar-refractivity contribution is 0.569. The van der Waals surface area contributed by atoms with Crippen LogP contribution >= 0.6 is 0 Å². The Labute approximate surface area is 72.7 Å². The van der Waals surface area contributed by atoms with Gasteiger partial charge in [0.05, 0.1) is 0 Å². The van der Waals surface area contributed by atoms with E-state index in [9.17, 15) is 4.79 Å². The highest BCUT2D eigenvalue weighted by atomic mass is 16.1. The third-order valence-corrected chi connectivity index (χ3v) is 1.95. The molecule has 0 saturated heterocycles. The van der Waals surface area contributed by atoms with Crippen LogP contribution in [0.2, 0.25) is 0 Å². The van der Waals surface area contributed by atoms with Gasteiger partial charge in [-0.05, 0) is 24.5 Å². The van der Waals surface area contributed by atoms with Crippen LogP contribution in [-0.2, 0) is 4.79 Å². The zero-order chi connectivity index (χ0) is 8.97. The summed E-state index contributed by atoms with van der Waals surface area (Å²) in [6.07, 6.45) is 0.744. The smallest absolute Gasteiger partial charge is 0.128 e. The second-order valence-corrected chi connectivity index (χ2v) is 2.75. The number of aryl methyl sites for hydroxylation is 1. The number of hydrogen-bond donors (Lipinski definition) is 0. The van der Waals surface area contributed by atoms with Crippen molar-refractivity contribution in [3.63, 3.8) is 0 Å². The highest BCUT2D eigenvalue weighted by Crippen LogP contribution is 2.18. The third kappa shape index (κ3) is 1.63. The van der Waals surface area contributed by atoms with Crippen LogP contribution in [-0.4, -0.2) is 5.94 Å². The summed E-state index contributed by atoms with van der Waals surface area (Å²) >= 11 is 0. The quantitative estimate of drug-likeness (QED) is 0.608. The summed E-state index contributed by atoms with van der Waals surface area (Å²) < 4.78 is 0. The van der Waals surface area contributed by atoms with Gasteiger partial charge >= 0.3 is 0 Å². The van der Waals surface area contributed by atoms with E-state index in [4.69, 9.17) is 0 Å². The summed E-state index contributed by atoms with van der Waals surface area (Å²) in [5.41, 5.74) is 2.92. The largest absolute Gasteiger partial charge is 0.233 e. The van der Waals surface area contributed by atoms with Crippen molar-refractivity contribution in [3.8, 4) is 0 Å². The molecule has 0 bridgehead atoms. The fourth-order valence-corrected chi connectivity index (χ4v) is 1.23. The first kappa shape index (κ1) is 8.76. The number of allylic oxidation sites excluding steroid dienone is 1. The monoisotopic (exact) mass is 160 g/mol. The predicted octanol–water partition coefficient (Wildman–Crippen LogP) is 2.62. The van der Waals surface area contributed by atoms with Gasteiger partial charge in [-0.25, -0.2) is 4.79 Å². The van der Waals surface area contributed by atoms with Crippen molar-refractivity contribution >= 4 is 11.5 Å². The topological polar surface area (TPSA) is 17.1 Å². The van der Waals surface area contributed by atoms with E-state index in [1.54, 1.807) is 0 Å². The van der Waals surface area contributed by atoms with Crippen LogP contribution in [0.3, 0.4) is 0 Å². The van der Waals surface area contributed by atoms with E-state index in [1.165, 1.54) is 0 Å². The van der Waals surface area contributed by atoms with Crippen molar-refractivity contribution in [2.45, 2.75) is 20.3 Å². The lowest BCUT2D eigenvalue weighted by atomic mass is 10.0. The van der Waals surface area contributed by atoms with Gasteiger partial charge in [-0.3, -0.25) is 0 Å². The molecule has 0 aliphatic heterocycles. The van der Waals surface area contributed by atoms with Crippen molar-refractivity contribution in [2.75, 3.05) is 0 Å². The molecule has 1 aromatic rings. The van der Waals surface area contributed by atoms with E-state index in [0.29, 0.717) is 0 Å². The van der Waals surface area contributed by atoms with Gasteiger partial charge in [-0.1, -0.05) is 31.2 Å². The highest BCUT2D eigenvalue weighted by Gasteiger charge is 2.01. The van der Waals surface area contributed by atoms with E-state index in [1.807, 2.05) is 44.1 Å². The number of rotatable bonds is 2. The molecule has 1 nitrogen and oxygen atoms in total. The summed E-state index contributed by atoms with van der Waals surface area (Å²) in [6.45, 7) is 3.97. The average Bonchev–Trinajstić information content (AvgIpc) is 2.10. The van der Waals surface area contributed by atoms with Gasteiger partial charge in [-0.15, -0.1) is 0 Å². The second kappa shape index (κ2) is 3.89. The Hall–Kier alpha value is -1.33. The molecule has 0 N–H and O–H groups in total. The molecule has 0 fully saturated rings. The molecule has 0 amide bonds. The minimum absolute atomic E-state index is 0.744. The molecular weight excluding hydrogens is 148 g/mol. The molecule has 1 rings (SSSR count). The first-order chi connectivity index (χ1) is 5.79. The molecule has 62 valence electrons. The van der Waals surface area contributed by atoms with Gasteiger partial charge < -0.3 is 0 Å². The molecule has 0 saturated carbocycles. The Morgan fingerprint density at radius 2 is 2.08 bits per heavy atom. The number of carbonyl (C=O) groups excluding carboxylic acids is 1. The highest BCUT2D eigenvalue weighted by molar-refractivity contribution is 5.88. The summed E-state index contributed by atoms with van der Waals surface area (Å²) in [7, 11) is 0. The zero-order valence-electron chi connectivity index (χ0n) is 7.42. The van der Waals surface area contributed by atoms with Crippen LogP contribution in [0.1, 0.15) is 24.5 Å². The van der Waals surface area contributed by atoms with Crippen molar-refractivity contribution in [1.82, 2.24) is 0 Å². The van der Waals surface area contributed by atoms with E-state index in [-0.39, 0.29) is 0 Å². The van der Waals surface area contributed by atoms with Gasteiger partial charge in [0.15, 0.2) is 0 Å². The SMILES string of the molecule is CCC(=C=O)c1ccccc1C. The summed E-state index contributed by atoms with van der Waals surface area (Å²) in [5.74, 6) is 1.98. The second-order valence-electron chi connectivity index (χ2n) is 2.75. The normalized spacial score (nSPS) is 9.17. The minimum Gasteiger partial charge on any atom is -0.233 e. The molecule has 0 aromatic heterocycles. The molecule has 0 heterocycles.